The Labute approximate surface area is 156 Å². The molecule has 2 N–H and O–H groups in total. The minimum Gasteiger partial charge on any atom is -0.379 e. The summed E-state index contributed by atoms with van der Waals surface area (Å²) < 4.78 is 10.8. The van der Waals surface area contributed by atoms with Crippen molar-refractivity contribution in [2.75, 3.05) is 20.7 Å². The van der Waals surface area contributed by atoms with Gasteiger partial charge in [-0.1, -0.05) is 39.8 Å². The zero-order valence-electron chi connectivity index (χ0n) is 15.3. The van der Waals surface area contributed by atoms with Gasteiger partial charge in [0.05, 0.1) is 18.3 Å². The van der Waals surface area contributed by atoms with E-state index in [0.29, 0.717) is 25.0 Å². The zero-order chi connectivity index (χ0) is 16.8. The molecule has 1 aromatic heterocycles. The molecular weight excluding hydrogens is 407 g/mol. The molecule has 1 aromatic rings. The van der Waals surface area contributed by atoms with Crippen molar-refractivity contribution < 1.29 is 9.26 Å². The predicted molar refractivity (Wildman–Crippen MR) is 104 cm³/mol. The van der Waals surface area contributed by atoms with Gasteiger partial charge in [-0.05, 0) is 11.3 Å². The van der Waals surface area contributed by atoms with Crippen molar-refractivity contribution in [1.82, 2.24) is 15.8 Å². The zero-order valence-corrected chi connectivity index (χ0v) is 17.6. The molecule has 134 valence electrons. The molecule has 1 atom stereocenters. The van der Waals surface area contributed by atoms with E-state index in [4.69, 9.17) is 9.26 Å². The molecule has 0 aliphatic carbocycles. The second kappa shape index (κ2) is 10.1. The van der Waals surface area contributed by atoms with Gasteiger partial charge in [0.1, 0.15) is 0 Å². The average molecular weight is 438 g/mol. The number of halogens is 1. The van der Waals surface area contributed by atoms with Crippen LogP contribution in [0.25, 0.3) is 0 Å². The molecule has 0 aromatic carbocycles. The number of aliphatic imine (C=N–C) groups is 1. The van der Waals surface area contributed by atoms with Gasteiger partial charge in [-0.3, -0.25) is 4.99 Å². The molecule has 6 nitrogen and oxygen atoms in total. The van der Waals surface area contributed by atoms with Crippen LogP contribution in [0.4, 0.5) is 0 Å². The highest BCUT2D eigenvalue weighted by Crippen LogP contribution is 2.20. The van der Waals surface area contributed by atoms with Gasteiger partial charge in [0, 0.05) is 26.8 Å². The molecule has 0 bridgehead atoms. The molecule has 0 aliphatic rings. The van der Waals surface area contributed by atoms with E-state index in [1.807, 2.05) is 6.07 Å². The minimum atomic E-state index is 0. The first-order chi connectivity index (χ1) is 10.3. The van der Waals surface area contributed by atoms with Crippen LogP contribution >= 0.6 is 24.0 Å². The van der Waals surface area contributed by atoms with Gasteiger partial charge in [-0.25, -0.2) is 0 Å². The van der Waals surface area contributed by atoms with Crippen LogP contribution in [0.2, 0.25) is 0 Å². The minimum absolute atomic E-state index is 0. The summed E-state index contributed by atoms with van der Waals surface area (Å²) in [7, 11) is 3.48. The molecule has 0 saturated heterocycles. The third kappa shape index (κ3) is 7.52. The van der Waals surface area contributed by atoms with Crippen molar-refractivity contribution in [1.29, 1.82) is 0 Å². The van der Waals surface area contributed by atoms with Crippen LogP contribution in [0.15, 0.2) is 15.6 Å². The summed E-state index contributed by atoms with van der Waals surface area (Å²) in [6.07, 6.45) is 0.101. The Morgan fingerprint density at radius 1 is 1.35 bits per heavy atom. The van der Waals surface area contributed by atoms with E-state index in [-0.39, 0.29) is 35.5 Å². The summed E-state index contributed by atoms with van der Waals surface area (Å²) in [5.74, 6) is 1.88. The molecule has 1 heterocycles. The SMILES string of the molecule is CN=C(NCc1cc(C(C)C)no1)NCC(OC)C(C)(C)C.I. The van der Waals surface area contributed by atoms with Gasteiger partial charge < -0.3 is 19.9 Å². The Kier molecular flexibility index (Phi) is 9.76. The number of hydrogen-bond donors (Lipinski definition) is 2. The van der Waals surface area contributed by atoms with Crippen molar-refractivity contribution in [2.45, 2.75) is 53.2 Å². The van der Waals surface area contributed by atoms with E-state index in [1.165, 1.54) is 0 Å². The van der Waals surface area contributed by atoms with Gasteiger partial charge in [-0.2, -0.15) is 0 Å². The summed E-state index contributed by atoms with van der Waals surface area (Å²) in [5, 5.41) is 10.5. The van der Waals surface area contributed by atoms with Crippen LogP contribution in [0.3, 0.4) is 0 Å². The molecule has 7 heteroatoms. The topological polar surface area (TPSA) is 71.7 Å². The lowest BCUT2D eigenvalue weighted by molar-refractivity contribution is 0.0205. The first-order valence-corrected chi connectivity index (χ1v) is 7.70. The second-order valence-corrected chi connectivity index (χ2v) is 6.77. The van der Waals surface area contributed by atoms with E-state index in [2.05, 4.69) is 55.4 Å². The summed E-state index contributed by atoms with van der Waals surface area (Å²) in [4.78, 5) is 4.21. The fourth-order valence-electron chi connectivity index (χ4n) is 2.01. The normalized spacial score (nSPS) is 13.7. The number of guanidine groups is 1. The van der Waals surface area contributed by atoms with Crippen LogP contribution in [0.1, 0.15) is 52.0 Å². The highest BCUT2D eigenvalue weighted by Gasteiger charge is 2.24. The number of hydrogen-bond acceptors (Lipinski definition) is 4. The Morgan fingerprint density at radius 2 is 2.00 bits per heavy atom. The van der Waals surface area contributed by atoms with Gasteiger partial charge in [0.25, 0.3) is 0 Å². The number of nitrogens with one attached hydrogen (secondary N) is 2. The summed E-state index contributed by atoms with van der Waals surface area (Å²) in [6.45, 7) is 11.9. The molecule has 1 rings (SSSR count). The quantitative estimate of drug-likeness (QED) is 0.406. The summed E-state index contributed by atoms with van der Waals surface area (Å²) in [5.41, 5.74) is 1.03. The maximum atomic E-state index is 5.53. The number of aromatic nitrogens is 1. The lowest BCUT2D eigenvalue weighted by Gasteiger charge is -2.30. The van der Waals surface area contributed by atoms with Crippen molar-refractivity contribution in [3.63, 3.8) is 0 Å². The Hall–Kier alpha value is -0.830. The average Bonchev–Trinajstić information content (AvgIpc) is 2.90. The maximum absolute atomic E-state index is 5.53. The summed E-state index contributed by atoms with van der Waals surface area (Å²) in [6, 6.07) is 1.97. The number of rotatable bonds is 6. The highest BCUT2D eigenvalue weighted by molar-refractivity contribution is 14.0. The van der Waals surface area contributed by atoms with Crippen molar-refractivity contribution >= 4 is 29.9 Å². The molecule has 1 unspecified atom stereocenters. The molecule has 23 heavy (non-hydrogen) atoms. The van der Waals surface area contributed by atoms with Gasteiger partial charge in [0.2, 0.25) is 0 Å². The molecule has 0 saturated carbocycles. The van der Waals surface area contributed by atoms with Crippen LogP contribution in [0, 0.1) is 5.41 Å². The Morgan fingerprint density at radius 3 is 2.43 bits per heavy atom. The smallest absolute Gasteiger partial charge is 0.191 e. The molecule has 0 radical (unpaired) electrons. The van der Waals surface area contributed by atoms with E-state index < -0.39 is 0 Å². The summed E-state index contributed by atoms with van der Waals surface area (Å²) >= 11 is 0. The third-order valence-corrected chi connectivity index (χ3v) is 3.53. The lowest BCUT2D eigenvalue weighted by Crippen LogP contribution is -2.45. The molecular formula is C16H31IN4O2. The van der Waals surface area contributed by atoms with Crippen LogP contribution in [0.5, 0.6) is 0 Å². The van der Waals surface area contributed by atoms with E-state index in [1.54, 1.807) is 14.2 Å². The van der Waals surface area contributed by atoms with E-state index in [0.717, 1.165) is 11.5 Å². The predicted octanol–water partition coefficient (Wildman–Crippen LogP) is 3.14. The van der Waals surface area contributed by atoms with Crippen molar-refractivity contribution in [2.24, 2.45) is 10.4 Å². The van der Waals surface area contributed by atoms with Gasteiger partial charge in [-0.15, -0.1) is 24.0 Å². The van der Waals surface area contributed by atoms with Gasteiger partial charge in [0.15, 0.2) is 11.7 Å². The number of methoxy groups -OCH3 is 1. The Balaban J connectivity index is 0.00000484. The second-order valence-electron chi connectivity index (χ2n) is 6.77. The molecule has 0 spiro atoms. The lowest BCUT2D eigenvalue weighted by atomic mass is 9.89. The maximum Gasteiger partial charge on any atom is 0.191 e. The van der Waals surface area contributed by atoms with E-state index in [9.17, 15) is 0 Å². The monoisotopic (exact) mass is 438 g/mol. The van der Waals surface area contributed by atoms with Crippen LogP contribution in [-0.2, 0) is 11.3 Å². The molecule has 0 aliphatic heterocycles. The number of ether oxygens (including phenoxy) is 1. The molecule has 0 fully saturated rings. The fourth-order valence-corrected chi connectivity index (χ4v) is 2.01. The fraction of sp³-hybridized carbons (Fsp3) is 0.750. The van der Waals surface area contributed by atoms with Crippen LogP contribution < -0.4 is 10.6 Å². The first kappa shape index (κ1) is 22.2. The largest absolute Gasteiger partial charge is 0.379 e. The van der Waals surface area contributed by atoms with E-state index >= 15 is 0 Å². The molecule has 0 amide bonds. The first-order valence-electron chi connectivity index (χ1n) is 7.70. The van der Waals surface area contributed by atoms with Crippen molar-refractivity contribution in [3.05, 3.63) is 17.5 Å². The third-order valence-electron chi connectivity index (χ3n) is 3.53. The number of nitrogens with zero attached hydrogens (tertiary/aromatic N) is 2. The highest BCUT2D eigenvalue weighted by atomic mass is 127. The van der Waals surface area contributed by atoms with Crippen molar-refractivity contribution in [3.8, 4) is 0 Å². The Bertz CT molecular complexity index is 481. The standard InChI is InChI=1S/C16H30N4O2.HI/c1-11(2)13-8-12(22-20-13)9-18-15(17-6)19-10-14(21-7)16(3,4)5;/h8,11,14H,9-10H2,1-7H3,(H2,17,18,19);1H. The van der Waals surface area contributed by atoms with Gasteiger partial charge >= 0.3 is 0 Å². The van der Waals surface area contributed by atoms with Crippen LogP contribution in [-0.4, -0.2) is 37.9 Å².